The van der Waals surface area contributed by atoms with Crippen LogP contribution in [0.1, 0.15) is 36.3 Å². The molecule has 1 aliphatic rings. The highest BCUT2D eigenvalue weighted by Gasteiger charge is 2.20. The number of aromatic nitrogens is 2. The summed E-state index contributed by atoms with van der Waals surface area (Å²) >= 11 is 0. The molecular formula is C23H29N3O. The van der Waals surface area contributed by atoms with Gasteiger partial charge < -0.3 is 9.64 Å². The van der Waals surface area contributed by atoms with Crippen molar-refractivity contribution in [3.05, 3.63) is 59.7 Å². The van der Waals surface area contributed by atoms with Gasteiger partial charge in [-0.1, -0.05) is 36.4 Å². The summed E-state index contributed by atoms with van der Waals surface area (Å²) < 4.78 is 7.82. The minimum absolute atomic E-state index is 0.657. The lowest BCUT2D eigenvalue weighted by Crippen LogP contribution is -2.29. The van der Waals surface area contributed by atoms with E-state index in [-0.39, 0.29) is 0 Å². The van der Waals surface area contributed by atoms with E-state index in [9.17, 15) is 0 Å². The number of aryl methyl sites for hydroxylation is 2. The van der Waals surface area contributed by atoms with Crippen LogP contribution < -0.4 is 4.74 Å². The molecule has 0 unspecified atom stereocenters. The second-order valence-corrected chi connectivity index (χ2v) is 7.66. The van der Waals surface area contributed by atoms with Crippen LogP contribution in [0.25, 0.3) is 11.0 Å². The Bertz CT molecular complexity index is 879. The molecule has 1 saturated heterocycles. The Hall–Kier alpha value is -2.33. The normalized spacial score (nSPS) is 16.1. The summed E-state index contributed by atoms with van der Waals surface area (Å²) in [5.41, 5.74) is 5.06. The number of hydrogen-bond donors (Lipinski definition) is 0. The smallest absolute Gasteiger partial charge is 0.297 e. The highest BCUT2D eigenvalue weighted by molar-refractivity contribution is 5.77. The van der Waals surface area contributed by atoms with Gasteiger partial charge in [0.25, 0.3) is 6.01 Å². The molecule has 142 valence electrons. The second-order valence-electron chi connectivity index (χ2n) is 7.66. The zero-order chi connectivity index (χ0) is 18.6. The first kappa shape index (κ1) is 18.1. The number of likely N-dealkylation sites (tertiary alicyclic amines) is 1. The molecular weight excluding hydrogens is 334 g/mol. The quantitative estimate of drug-likeness (QED) is 0.646. The Morgan fingerprint density at radius 3 is 2.59 bits per heavy atom. The number of imidazole rings is 1. The van der Waals surface area contributed by atoms with Gasteiger partial charge in [-0.15, -0.1) is 0 Å². The van der Waals surface area contributed by atoms with Crippen LogP contribution in [0.2, 0.25) is 0 Å². The zero-order valence-corrected chi connectivity index (χ0v) is 16.4. The molecule has 0 saturated carbocycles. The van der Waals surface area contributed by atoms with Crippen LogP contribution in [-0.4, -0.2) is 41.7 Å². The Labute approximate surface area is 161 Å². The van der Waals surface area contributed by atoms with E-state index in [1.54, 1.807) is 7.11 Å². The van der Waals surface area contributed by atoms with E-state index in [1.165, 1.54) is 42.6 Å². The predicted molar refractivity (Wildman–Crippen MR) is 111 cm³/mol. The van der Waals surface area contributed by atoms with E-state index in [0.29, 0.717) is 5.92 Å². The highest BCUT2D eigenvalue weighted by atomic mass is 16.5. The maximum atomic E-state index is 5.58. The van der Waals surface area contributed by atoms with E-state index in [2.05, 4.69) is 70.0 Å². The molecule has 4 nitrogen and oxygen atoms in total. The van der Waals surface area contributed by atoms with Crippen molar-refractivity contribution >= 4 is 11.0 Å². The van der Waals surface area contributed by atoms with Crippen LogP contribution in [0.3, 0.4) is 0 Å². The summed E-state index contributed by atoms with van der Waals surface area (Å²) in [7, 11) is 3.93. The Kier molecular flexibility index (Phi) is 5.44. The van der Waals surface area contributed by atoms with Gasteiger partial charge in [0.2, 0.25) is 0 Å². The number of ether oxygens (including phenoxy) is 1. The van der Waals surface area contributed by atoms with E-state index in [4.69, 9.17) is 4.74 Å². The molecule has 4 heteroatoms. The van der Waals surface area contributed by atoms with Crippen LogP contribution in [0.5, 0.6) is 6.01 Å². The minimum atomic E-state index is 0.657. The molecule has 0 amide bonds. The Balaban J connectivity index is 1.55. The molecule has 0 aliphatic carbocycles. The van der Waals surface area contributed by atoms with Gasteiger partial charge in [0.05, 0.1) is 18.1 Å². The fourth-order valence-electron chi connectivity index (χ4n) is 4.17. The third-order valence-electron chi connectivity index (χ3n) is 5.80. The SMILES string of the molecule is COc1nc2ccc(C3CCN(C)CC3)cc2n1CCCc1ccccc1. The first-order valence-electron chi connectivity index (χ1n) is 10.0. The highest BCUT2D eigenvalue weighted by Crippen LogP contribution is 2.31. The fraction of sp³-hybridized carbons (Fsp3) is 0.435. The molecule has 1 aromatic heterocycles. The number of piperidine rings is 1. The first-order chi connectivity index (χ1) is 13.2. The molecule has 1 aliphatic heterocycles. The standard InChI is InChI=1S/C23H29N3O/c1-25-15-12-19(13-16-25)20-10-11-21-22(17-20)26(23(24-21)27-2)14-6-9-18-7-4-3-5-8-18/h3-5,7-8,10-11,17,19H,6,9,12-16H2,1-2H3. The molecule has 0 spiro atoms. The van der Waals surface area contributed by atoms with Gasteiger partial charge in [-0.3, -0.25) is 4.57 Å². The molecule has 0 N–H and O–H groups in total. The topological polar surface area (TPSA) is 30.3 Å². The number of methoxy groups -OCH3 is 1. The Morgan fingerprint density at radius 2 is 1.85 bits per heavy atom. The zero-order valence-electron chi connectivity index (χ0n) is 16.4. The average Bonchev–Trinajstić information content (AvgIpc) is 3.06. The van der Waals surface area contributed by atoms with E-state index in [0.717, 1.165) is 30.9 Å². The first-order valence-corrected chi connectivity index (χ1v) is 10.0. The van der Waals surface area contributed by atoms with Crippen molar-refractivity contribution in [2.45, 2.75) is 38.1 Å². The minimum Gasteiger partial charge on any atom is -0.468 e. The molecule has 0 bridgehead atoms. The number of benzene rings is 2. The lowest BCUT2D eigenvalue weighted by atomic mass is 9.89. The molecule has 2 aromatic carbocycles. The summed E-state index contributed by atoms with van der Waals surface area (Å²) in [5.74, 6) is 0.657. The monoisotopic (exact) mass is 363 g/mol. The summed E-state index contributed by atoms with van der Waals surface area (Å²) in [6.45, 7) is 3.29. The van der Waals surface area contributed by atoms with Gasteiger partial charge in [-0.25, -0.2) is 0 Å². The van der Waals surface area contributed by atoms with Gasteiger partial charge in [0.15, 0.2) is 0 Å². The molecule has 1 fully saturated rings. The van der Waals surface area contributed by atoms with Crippen molar-refractivity contribution in [1.29, 1.82) is 0 Å². The summed E-state index contributed by atoms with van der Waals surface area (Å²) in [6.07, 6.45) is 4.62. The summed E-state index contributed by atoms with van der Waals surface area (Å²) in [4.78, 5) is 7.11. The van der Waals surface area contributed by atoms with Crippen molar-refractivity contribution in [2.75, 3.05) is 27.2 Å². The molecule has 3 aromatic rings. The van der Waals surface area contributed by atoms with Crippen LogP contribution >= 0.6 is 0 Å². The summed E-state index contributed by atoms with van der Waals surface area (Å²) in [6, 6.07) is 18.2. The van der Waals surface area contributed by atoms with Crippen molar-refractivity contribution < 1.29 is 4.74 Å². The van der Waals surface area contributed by atoms with Crippen molar-refractivity contribution in [2.24, 2.45) is 0 Å². The lowest BCUT2D eigenvalue weighted by molar-refractivity contribution is 0.255. The van der Waals surface area contributed by atoms with Gasteiger partial charge in [0, 0.05) is 6.54 Å². The van der Waals surface area contributed by atoms with Crippen LogP contribution in [-0.2, 0) is 13.0 Å². The van der Waals surface area contributed by atoms with Crippen LogP contribution in [0.15, 0.2) is 48.5 Å². The molecule has 2 heterocycles. The molecule has 4 rings (SSSR count). The maximum absolute atomic E-state index is 5.58. The third kappa shape index (κ3) is 4.01. The van der Waals surface area contributed by atoms with Gasteiger partial charge in [0.1, 0.15) is 0 Å². The van der Waals surface area contributed by atoms with Gasteiger partial charge in [-0.05, 0) is 75.0 Å². The van der Waals surface area contributed by atoms with Crippen molar-refractivity contribution in [1.82, 2.24) is 14.5 Å². The third-order valence-corrected chi connectivity index (χ3v) is 5.80. The number of rotatable bonds is 6. The number of nitrogens with zero attached hydrogens (tertiary/aromatic N) is 3. The second kappa shape index (κ2) is 8.13. The molecule has 27 heavy (non-hydrogen) atoms. The van der Waals surface area contributed by atoms with E-state index >= 15 is 0 Å². The molecule has 0 atom stereocenters. The van der Waals surface area contributed by atoms with Crippen LogP contribution in [0, 0.1) is 0 Å². The number of hydrogen-bond acceptors (Lipinski definition) is 3. The number of fused-ring (bicyclic) bond motifs is 1. The maximum Gasteiger partial charge on any atom is 0.297 e. The van der Waals surface area contributed by atoms with Crippen LogP contribution in [0.4, 0.5) is 0 Å². The summed E-state index contributed by atoms with van der Waals surface area (Å²) in [5, 5.41) is 0. The molecule has 0 radical (unpaired) electrons. The predicted octanol–water partition coefficient (Wildman–Crippen LogP) is 4.49. The van der Waals surface area contributed by atoms with E-state index < -0.39 is 0 Å². The Morgan fingerprint density at radius 1 is 1.07 bits per heavy atom. The van der Waals surface area contributed by atoms with Crippen molar-refractivity contribution in [3.63, 3.8) is 0 Å². The van der Waals surface area contributed by atoms with Gasteiger partial charge in [-0.2, -0.15) is 4.98 Å². The van der Waals surface area contributed by atoms with Crippen molar-refractivity contribution in [3.8, 4) is 6.01 Å². The fourth-order valence-corrected chi connectivity index (χ4v) is 4.17. The largest absolute Gasteiger partial charge is 0.468 e. The van der Waals surface area contributed by atoms with Gasteiger partial charge >= 0.3 is 0 Å². The lowest BCUT2D eigenvalue weighted by Gasteiger charge is -2.29. The average molecular weight is 364 g/mol. The van der Waals surface area contributed by atoms with E-state index in [1.807, 2.05) is 0 Å².